The van der Waals surface area contributed by atoms with E-state index < -0.39 is 14.4 Å². The van der Waals surface area contributed by atoms with Gasteiger partial charge in [0.1, 0.15) is 12.6 Å². The number of allylic oxidation sites excluding steroid dienone is 1. The molecule has 1 atom stereocenters. The molecule has 1 N–H and O–H groups in total. The van der Waals surface area contributed by atoms with Crippen molar-refractivity contribution in [1.82, 2.24) is 4.90 Å². The highest BCUT2D eigenvalue weighted by Crippen LogP contribution is 2.45. The van der Waals surface area contributed by atoms with Crippen molar-refractivity contribution in [2.75, 3.05) is 6.61 Å². The minimum atomic E-state index is -3.02. The molecule has 5 rings (SSSR count). The third-order valence-corrected chi connectivity index (χ3v) is 13.4. The Morgan fingerprint density at radius 2 is 1.43 bits per heavy atom. The molecule has 2 fully saturated rings. The van der Waals surface area contributed by atoms with Crippen LogP contribution in [0.1, 0.15) is 57.6 Å². The molecule has 0 radical (unpaired) electrons. The molecule has 208 valence electrons. The minimum absolute atomic E-state index is 0.185. The van der Waals surface area contributed by atoms with Crippen LogP contribution in [-0.4, -0.2) is 36.6 Å². The SMILES string of the molecule is CC(C)(CC1CCC(/C=C/C(=O)N2C(=O)OC[C@H]2c2ccccc2)CC1)[Si](O)(c1ccccc1)c1ccccc1. The van der Waals surface area contributed by atoms with E-state index in [1.54, 1.807) is 6.08 Å². The Balaban J connectivity index is 1.23. The Labute approximate surface area is 238 Å². The normalized spacial score (nSPS) is 21.9. The molecule has 1 aliphatic carbocycles. The molecule has 3 aromatic rings. The molecule has 3 aromatic carbocycles. The second-order valence-corrected chi connectivity index (χ2v) is 15.8. The van der Waals surface area contributed by atoms with Crippen molar-refractivity contribution >= 4 is 30.7 Å². The van der Waals surface area contributed by atoms with E-state index in [9.17, 15) is 14.4 Å². The van der Waals surface area contributed by atoms with Crippen LogP contribution >= 0.6 is 0 Å². The summed E-state index contributed by atoms with van der Waals surface area (Å²) in [6.07, 6.45) is 8.01. The third kappa shape index (κ3) is 5.69. The largest absolute Gasteiger partial charge is 0.446 e. The minimum Gasteiger partial charge on any atom is -0.446 e. The molecule has 5 nitrogen and oxygen atoms in total. The number of benzene rings is 3. The zero-order valence-electron chi connectivity index (χ0n) is 23.4. The van der Waals surface area contributed by atoms with Crippen LogP contribution in [0.5, 0.6) is 0 Å². The van der Waals surface area contributed by atoms with Gasteiger partial charge >= 0.3 is 6.09 Å². The van der Waals surface area contributed by atoms with Crippen LogP contribution < -0.4 is 10.4 Å². The Bertz CT molecular complexity index is 1280. The van der Waals surface area contributed by atoms with Crippen molar-refractivity contribution in [3.63, 3.8) is 0 Å². The van der Waals surface area contributed by atoms with Crippen LogP contribution in [0.15, 0.2) is 103 Å². The fraction of sp³-hybridized carbons (Fsp3) is 0.353. The van der Waals surface area contributed by atoms with Crippen molar-refractivity contribution in [2.24, 2.45) is 11.8 Å². The number of ether oxygens (including phenoxy) is 1. The number of hydrogen-bond donors (Lipinski definition) is 1. The van der Waals surface area contributed by atoms with Crippen LogP contribution in [-0.2, 0) is 9.53 Å². The quantitative estimate of drug-likeness (QED) is 0.275. The maximum atomic E-state index is 13.0. The maximum absolute atomic E-state index is 13.0. The predicted octanol–water partition coefficient (Wildman–Crippen LogP) is 5.99. The second-order valence-electron chi connectivity index (χ2n) is 11.9. The van der Waals surface area contributed by atoms with Crippen LogP contribution in [0.3, 0.4) is 0 Å². The highest BCUT2D eigenvalue weighted by molar-refractivity contribution is 6.98. The van der Waals surface area contributed by atoms with E-state index >= 15 is 0 Å². The molecule has 0 spiro atoms. The van der Waals surface area contributed by atoms with Crippen molar-refractivity contribution < 1.29 is 19.1 Å². The monoisotopic (exact) mass is 553 g/mol. The van der Waals surface area contributed by atoms with Gasteiger partial charge in [-0.1, -0.05) is 111 Å². The summed E-state index contributed by atoms with van der Waals surface area (Å²) in [5.41, 5.74) is 0.896. The van der Waals surface area contributed by atoms with E-state index in [0.717, 1.165) is 48.0 Å². The third-order valence-electron chi connectivity index (χ3n) is 8.86. The van der Waals surface area contributed by atoms with Gasteiger partial charge in [-0.25, -0.2) is 9.69 Å². The van der Waals surface area contributed by atoms with Crippen LogP contribution in [0.4, 0.5) is 4.79 Å². The number of hydrogen-bond acceptors (Lipinski definition) is 4. The first kappa shape index (κ1) is 28.1. The lowest BCUT2D eigenvalue weighted by Crippen LogP contribution is -2.65. The van der Waals surface area contributed by atoms with E-state index in [1.807, 2.05) is 72.8 Å². The Morgan fingerprint density at radius 1 is 0.900 bits per heavy atom. The summed E-state index contributed by atoms with van der Waals surface area (Å²) in [5, 5.41) is 1.84. The number of imide groups is 1. The van der Waals surface area contributed by atoms with E-state index in [4.69, 9.17) is 4.74 Å². The number of nitrogens with zero attached hydrogens (tertiary/aromatic N) is 1. The lowest BCUT2D eigenvalue weighted by molar-refractivity contribution is -0.124. The number of amides is 2. The van der Waals surface area contributed by atoms with Gasteiger partial charge in [-0.3, -0.25) is 4.79 Å². The number of carbonyl (C=O) groups is 2. The first-order valence-corrected chi connectivity index (χ1v) is 16.3. The van der Waals surface area contributed by atoms with Gasteiger partial charge in [-0.05, 0) is 71.0 Å². The second kappa shape index (κ2) is 11.9. The average molecular weight is 554 g/mol. The average Bonchev–Trinajstić information content (AvgIpc) is 3.38. The molecule has 0 bridgehead atoms. The molecular weight excluding hydrogens is 514 g/mol. The zero-order valence-corrected chi connectivity index (χ0v) is 24.4. The first-order valence-electron chi connectivity index (χ1n) is 14.4. The molecule has 2 amide bonds. The first-order chi connectivity index (χ1) is 19.3. The van der Waals surface area contributed by atoms with Crippen LogP contribution in [0, 0.1) is 11.8 Å². The lowest BCUT2D eigenvalue weighted by Gasteiger charge is -2.44. The fourth-order valence-corrected chi connectivity index (χ4v) is 10.5. The van der Waals surface area contributed by atoms with Gasteiger partial charge in [0.05, 0.1) is 0 Å². The van der Waals surface area contributed by atoms with Crippen LogP contribution in [0.2, 0.25) is 5.04 Å². The Kier molecular flexibility index (Phi) is 8.38. The Morgan fingerprint density at radius 3 is 1.98 bits per heavy atom. The number of carbonyl (C=O) groups excluding carboxylic acids is 2. The molecular formula is C34H39NO4Si. The summed E-state index contributed by atoms with van der Waals surface area (Å²) in [6.45, 7) is 4.66. The van der Waals surface area contributed by atoms with E-state index in [-0.39, 0.29) is 23.6 Å². The molecule has 1 aliphatic heterocycles. The molecule has 1 saturated carbocycles. The summed E-state index contributed by atoms with van der Waals surface area (Å²) in [5.74, 6) is 0.496. The summed E-state index contributed by atoms with van der Waals surface area (Å²) in [6, 6.07) is 29.6. The topological polar surface area (TPSA) is 66.8 Å². The van der Waals surface area contributed by atoms with Crippen LogP contribution in [0.25, 0.3) is 0 Å². The molecule has 1 saturated heterocycles. The molecule has 1 heterocycles. The van der Waals surface area contributed by atoms with Gasteiger partial charge in [-0.15, -0.1) is 0 Å². The van der Waals surface area contributed by atoms with Gasteiger partial charge in [0.25, 0.3) is 14.2 Å². The lowest BCUT2D eigenvalue weighted by atomic mass is 9.78. The number of cyclic esters (lactones) is 1. The van der Waals surface area contributed by atoms with Gasteiger partial charge < -0.3 is 9.53 Å². The molecule has 0 aromatic heterocycles. The molecule has 40 heavy (non-hydrogen) atoms. The summed E-state index contributed by atoms with van der Waals surface area (Å²) < 4.78 is 5.21. The Hall–Kier alpha value is -3.48. The van der Waals surface area contributed by atoms with Gasteiger partial charge in [-0.2, -0.15) is 0 Å². The van der Waals surface area contributed by atoms with Crippen molar-refractivity contribution in [2.45, 2.75) is 57.0 Å². The van der Waals surface area contributed by atoms with E-state index in [1.165, 1.54) is 4.90 Å². The van der Waals surface area contributed by atoms with Gasteiger partial charge in [0.15, 0.2) is 0 Å². The molecule has 2 aliphatic rings. The van der Waals surface area contributed by atoms with Crippen molar-refractivity contribution in [3.8, 4) is 0 Å². The summed E-state index contributed by atoms with van der Waals surface area (Å²) in [4.78, 5) is 39.1. The standard InChI is InChI=1S/C34H39NO4Si/c1-34(2,40(38,29-14-8-4-9-15-29)30-16-10-5-11-17-30)24-27-20-18-26(19-21-27)22-23-32(36)35-31(25-39-33(35)37)28-12-6-3-7-13-28/h3-17,22-23,26-27,31,38H,18-21,24-25H2,1-2H3/b23-22+/t26?,27?,31-/m0/s1. The smallest absolute Gasteiger partial charge is 0.417 e. The summed E-state index contributed by atoms with van der Waals surface area (Å²) in [7, 11) is -3.02. The summed E-state index contributed by atoms with van der Waals surface area (Å²) >= 11 is 0. The van der Waals surface area contributed by atoms with Gasteiger partial charge in [0, 0.05) is 0 Å². The van der Waals surface area contributed by atoms with Crippen molar-refractivity contribution in [1.29, 1.82) is 0 Å². The highest BCUT2D eigenvalue weighted by atomic mass is 28.4. The van der Waals surface area contributed by atoms with E-state index in [0.29, 0.717) is 11.8 Å². The molecule has 6 heteroatoms. The van der Waals surface area contributed by atoms with Crippen molar-refractivity contribution in [3.05, 3.63) is 109 Å². The maximum Gasteiger partial charge on any atom is 0.417 e. The highest BCUT2D eigenvalue weighted by Gasteiger charge is 2.50. The van der Waals surface area contributed by atoms with Gasteiger partial charge in [0.2, 0.25) is 0 Å². The number of rotatable bonds is 8. The molecule has 0 unspecified atom stereocenters. The van der Waals surface area contributed by atoms with E-state index in [2.05, 4.69) is 38.1 Å². The predicted molar refractivity (Wildman–Crippen MR) is 161 cm³/mol. The fourth-order valence-electron chi connectivity index (χ4n) is 6.65. The zero-order chi connectivity index (χ0) is 28.2.